The second kappa shape index (κ2) is 5.48. The molecule has 1 aromatic carbocycles. The van der Waals surface area contributed by atoms with Crippen LogP contribution < -0.4 is 5.73 Å². The number of imide groups is 1. The highest BCUT2D eigenvalue weighted by atomic mass is 16.2. The van der Waals surface area contributed by atoms with Crippen molar-refractivity contribution in [3.63, 3.8) is 0 Å². The number of urea groups is 1. The van der Waals surface area contributed by atoms with E-state index in [1.807, 2.05) is 12.1 Å². The summed E-state index contributed by atoms with van der Waals surface area (Å²) in [7, 11) is 1.61. The Morgan fingerprint density at radius 2 is 1.76 bits per heavy atom. The minimum Gasteiger partial charge on any atom is -0.322 e. The van der Waals surface area contributed by atoms with Crippen LogP contribution in [0.3, 0.4) is 0 Å². The van der Waals surface area contributed by atoms with Crippen LogP contribution in [0.1, 0.15) is 37.9 Å². The topological polar surface area (TPSA) is 66.6 Å². The van der Waals surface area contributed by atoms with Crippen molar-refractivity contribution in [2.24, 2.45) is 5.73 Å². The van der Waals surface area contributed by atoms with Gasteiger partial charge in [-0.1, -0.05) is 45.0 Å². The third kappa shape index (κ3) is 3.24. The van der Waals surface area contributed by atoms with E-state index < -0.39 is 0 Å². The summed E-state index contributed by atoms with van der Waals surface area (Å²) in [6.45, 7) is 6.81. The van der Waals surface area contributed by atoms with Gasteiger partial charge in [-0.3, -0.25) is 9.69 Å². The SMILES string of the molecule is CN1CC(=O)N(CC(N)c2ccc(C(C)(C)C)cc2)C1=O. The summed E-state index contributed by atoms with van der Waals surface area (Å²) < 4.78 is 0. The molecule has 0 aliphatic carbocycles. The summed E-state index contributed by atoms with van der Waals surface area (Å²) in [4.78, 5) is 26.2. The molecule has 2 rings (SSSR count). The third-order valence-electron chi connectivity index (χ3n) is 3.82. The Kier molecular flexibility index (Phi) is 4.05. The van der Waals surface area contributed by atoms with Crippen LogP contribution in [0.5, 0.6) is 0 Å². The number of amides is 3. The minimum absolute atomic E-state index is 0.0895. The van der Waals surface area contributed by atoms with Gasteiger partial charge in [0.15, 0.2) is 0 Å². The Labute approximate surface area is 125 Å². The number of likely N-dealkylation sites (N-methyl/N-ethyl adjacent to an activating group) is 1. The predicted molar refractivity (Wildman–Crippen MR) is 81.8 cm³/mol. The predicted octanol–water partition coefficient (Wildman–Crippen LogP) is 1.88. The van der Waals surface area contributed by atoms with Gasteiger partial charge in [0.05, 0.1) is 0 Å². The molecular formula is C16H23N3O2. The lowest BCUT2D eigenvalue weighted by molar-refractivity contribution is -0.125. The van der Waals surface area contributed by atoms with E-state index in [9.17, 15) is 9.59 Å². The second-order valence-electron chi connectivity index (χ2n) is 6.62. The van der Waals surface area contributed by atoms with Crippen molar-refractivity contribution in [1.82, 2.24) is 9.80 Å². The molecule has 1 aromatic rings. The van der Waals surface area contributed by atoms with Gasteiger partial charge in [-0.25, -0.2) is 4.79 Å². The van der Waals surface area contributed by atoms with Crippen LogP contribution in [-0.4, -0.2) is 41.9 Å². The number of nitrogens with zero attached hydrogens (tertiary/aromatic N) is 2. The molecule has 1 fully saturated rings. The molecule has 0 spiro atoms. The highest BCUT2D eigenvalue weighted by Crippen LogP contribution is 2.24. The average Bonchev–Trinajstić information content (AvgIpc) is 2.64. The van der Waals surface area contributed by atoms with Crippen molar-refractivity contribution in [1.29, 1.82) is 0 Å². The Morgan fingerprint density at radius 3 is 2.19 bits per heavy atom. The van der Waals surface area contributed by atoms with Crippen molar-refractivity contribution in [2.75, 3.05) is 20.1 Å². The molecule has 1 atom stereocenters. The molecule has 1 saturated heterocycles. The van der Waals surface area contributed by atoms with E-state index in [0.717, 1.165) is 5.56 Å². The Morgan fingerprint density at radius 1 is 1.19 bits per heavy atom. The molecule has 1 aliphatic heterocycles. The maximum Gasteiger partial charge on any atom is 0.327 e. The number of carbonyl (C=O) groups is 2. The second-order valence-corrected chi connectivity index (χ2v) is 6.62. The van der Waals surface area contributed by atoms with Gasteiger partial charge in [0, 0.05) is 19.6 Å². The van der Waals surface area contributed by atoms with Crippen LogP contribution in [-0.2, 0) is 10.2 Å². The molecule has 1 aliphatic rings. The number of nitrogens with two attached hydrogens (primary N) is 1. The first-order valence-electron chi connectivity index (χ1n) is 7.11. The van der Waals surface area contributed by atoms with Gasteiger partial charge in [0.25, 0.3) is 0 Å². The Bertz CT molecular complexity index is 546. The van der Waals surface area contributed by atoms with Gasteiger partial charge < -0.3 is 10.6 Å². The van der Waals surface area contributed by atoms with E-state index in [4.69, 9.17) is 5.73 Å². The first-order valence-corrected chi connectivity index (χ1v) is 7.11. The van der Waals surface area contributed by atoms with E-state index >= 15 is 0 Å². The molecule has 5 nitrogen and oxygen atoms in total. The molecule has 0 radical (unpaired) electrons. The van der Waals surface area contributed by atoms with Crippen molar-refractivity contribution >= 4 is 11.9 Å². The van der Waals surface area contributed by atoms with E-state index in [1.54, 1.807) is 7.05 Å². The number of rotatable bonds is 3. The Balaban J connectivity index is 2.09. The zero-order valence-corrected chi connectivity index (χ0v) is 13.1. The van der Waals surface area contributed by atoms with Crippen LogP contribution in [0.2, 0.25) is 0 Å². The van der Waals surface area contributed by atoms with Crippen LogP contribution in [0.15, 0.2) is 24.3 Å². The lowest BCUT2D eigenvalue weighted by atomic mass is 9.86. The van der Waals surface area contributed by atoms with Crippen LogP contribution >= 0.6 is 0 Å². The van der Waals surface area contributed by atoms with Gasteiger partial charge in [-0.05, 0) is 16.5 Å². The van der Waals surface area contributed by atoms with Gasteiger partial charge in [0.2, 0.25) is 5.91 Å². The summed E-state index contributed by atoms with van der Waals surface area (Å²) in [6, 6.07) is 7.41. The van der Waals surface area contributed by atoms with E-state index in [1.165, 1.54) is 15.4 Å². The number of hydrogen-bond acceptors (Lipinski definition) is 3. The smallest absolute Gasteiger partial charge is 0.322 e. The fourth-order valence-electron chi connectivity index (χ4n) is 2.38. The molecule has 114 valence electrons. The molecule has 1 unspecified atom stereocenters. The molecule has 0 saturated carbocycles. The largest absolute Gasteiger partial charge is 0.327 e. The van der Waals surface area contributed by atoms with Crippen LogP contribution in [0.4, 0.5) is 4.79 Å². The van der Waals surface area contributed by atoms with Crippen molar-refractivity contribution in [2.45, 2.75) is 32.2 Å². The van der Waals surface area contributed by atoms with Gasteiger partial charge in [-0.15, -0.1) is 0 Å². The van der Waals surface area contributed by atoms with Crippen LogP contribution in [0.25, 0.3) is 0 Å². The average molecular weight is 289 g/mol. The van der Waals surface area contributed by atoms with Crippen molar-refractivity contribution < 1.29 is 9.59 Å². The zero-order valence-electron chi connectivity index (χ0n) is 13.1. The molecule has 1 heterocycles. The quantitative estimate of drug-likeness (QED) is 0.864. The zero-order chi connectivity index (χ0) is 15.8. The lowest BCUT2D eigenvalue weighted by Gasteiger charge is -2.22. The maximum atomic E-state index is 11.8. The van der Waals surface area contributed by atoms with E-state index in [-0.39, 0.29) is 36.5 Å². The normalized spacial score (nSPS) is 17.6. The van der Waals surface area contributed by atoms with Gasteiger partial charge in [-0.2, -0.15) is 0 Å². The summed E-state index contributed by atoms with van der Waals surface area (Å²) >= 11 is 0. The molecule has 0 aromatic heterocycles. The number of carbonyl (C=O) groups excluding carboxylic acids is 2. The summed E-state index contributed by atoms with van der Waals surface area (Å²) in [5.41, 5.74) is 8.39. The highest BCUT2D eigenvalue weighted by molar-refractivity contribution is 6.01. The molecule has 3 amide bonds. The number of hydrogen-bond donors (Lipinski definition) is 1. The standard InChI is InChI=1S/C16H23N3O2/c1-16(2,3)12-7-5-11(6-8-12)13(17)9-19-14(20)10-18(4)15(19)21/h5-8,13H,9-10,17H2,1-4H3. The van der Waals surface area contributed by atoms with E-state index in [2.05, 4.69) is 32.9 Å². The molecule has 5 heteroatoms. The fraction of sp³-hybridized carbons (Fsp3) is 0.500. The van der Waals surface area contributed by atoms with Crippen LogP contribution in [0, 0.1) is 0 Å². The molecular weight excluding hydrogens is 266 g/mol. The molecule has 21 heavy (non-hydrogen) atoms. The summed E-state index contributed by atoms with van der Waals surface area (Å²) in [6.07, 6.45) is 0. The number of benzene rings is 1. The van der Waals surface area contributed by atoms with Crippen molar-refractivity contribution in [3.05, 3.63) is 35.4 Å². The summed E-state index contributed by atoms with van der Waals surface area (Å²) in [5, 5.41) is 0. The first kappa shape index (κ1) is 15.5. The lowest BCUT2D eigenvalue weighted by Crippen LogP contribution is -2.37. The monoisotopic (exact) mass is 289 g/mol. The first-order chi connectivity index (χ1) is 9.70. The van der Waals surface area contributed by atoms with Crippen molar-refractivity contribution in [3.8, 4) is 0 Å². The third-order valence-corrected chi connectivity index (χ3v) is 3.82. The maximum absolute atomic E-state index is 11.8. The molecule has 0 bridgehead atoms. The van der Waals surface area contributed by atoms with Gasteiger partial charge in [0.1, 0.15) is 6.54 Å². The fourth-order valence-corrected chi connectivity index (χ4v) is 2.38. The van der Waals surface area contributed by atoms with E-state index in [0.29, 0.717) is 0 Å². The minimum atomic E-state index is -0.363. The highest BCUT2D eigenvalue weighted by Gasteiger charge is 2.34. The Hall–Kier alpha value is -1.88. The van der Waals surface area contributed by atoms with Gasteiger partial charge >= 0.3 is 6.03 Å². The molecule has 2 N–H and O–H groups in total. The summed E-state index contributed by atoms with van der Waals surface area (Å²) in [5.74, 6) is -0.190.